The molecule has 4 saturated carbocycles. The molecule has 1 aliphatic heterocycles. The van der Waals surface area contributed by atoms with Crippen LogP contribution in [0.25, 0.3) is 0 Å². The van der Waals surface area contributed by atoms with Crippen LogP contribution in [-0.2, 0) is 9.53 Å². The highest BCUT2D eigenvalue weighted by atomic mass is 16.5. The van der Waals surface area contributed by atoms with Crippen LogP contribution in [0.5, 0.6) is 0 Å². The molecule has 6 nitrogen and oxygen atoms in total. The van der Waals surface area contributed by atoms with Crippen molar-refractivity contribution in [3.8, 4) is 0 Å². The second-order valence-corrected chi connectivity index (χ2v) is 18.3. The molecule has 43 heavy (non-hydrogen) atoms. The standard InChI is InChI=1S/C37H60O6/c1-21-28(38)30(40)29(39)25(43-21)19-22-11-13-34(6)26(33(22,4)5)12-14-36(8)27(34)10-9-23-24-20-32(2,3)15-17-37(24,31(41)42)18-16-35(23,36)7/h9,21-22,24-30,38-40H,10-20H2,1-8H3,(H,41,42)/t21?,22-,24?,25+,26?,27?,28+,29-,30?,34+,35-,36-,37+/m1/s1. The smallest absolute Gasteiger partial charge is 0.310 e. The quantitative estimate of drug-likeness (QED) is 0.267. The summed E-state index contributed by atoms with van der Waals surface area (Å²) in [6.45, 7) is 19.0. The van der Waals surface area contributed by atoms with E-state index < -0.39 is 41.9 Å². The highest BCUT2D eigenvalue weighted by Crippen LogP contribution is 2.76. The van der Waals surface area contributed by atoms with Crippen LogP contribution in [0.4, 0.5) is 0 Å². The van der Waals surface area contributed by atoms with E-state index in [2.05, 4.69) is 54.5 Å². The van der Waals surface area contributed by atoms with Crippen molar-refractivity contribution in [3.05, 3.63) is 11.6 Å². The van der Waals surface area contributed by atoms with Gasteiger partial charge in [0, 0.05) is 0 Å². The summed E-state index contributed by atoms with van der Waals surface area (Å²) in [5, 5.41) is 42.2. The number of rotatable bonds is 3. The molecule has 1 heterocycles. The predicted octanol–water partition coefficient (Wildman–Crippen LogP) is 6.75. The largest absolute Gasteiger partial charge is 0.481 e. The number of carboxylic acids is 1. The van der Waals surface area contributed by atoms with E-state index in [0.717, 1.165) is 51.4 Å². The molecule has 0 spiro atoms. The monoisotopic (exact) mass is 600 g/mol. The minimum Gasteiger partial charge on any atom is -0.481 e. The van der Waals surface area contributed by atoms with Crippen molar-refractivity contribution in [2.24, 2.45) is 56.2 Å². The van der Waals surface area contributed by atoms with Crippen LogP contribution in [0, 0.1) is 56.2 Å². The molecule has 0 aromatic carbocycles. The van der Waals surface area contributed by atoms with Crippen molar-refractivity contribution in [3.63, 3.8) is 0 Å². The predicted molar refractivity (Wildman–Crippen MR) is 167 cm³/mol. The highest BCUT2D eigenvalue weighted by Gasteiger charge is 2.69. The molecule has 6 aliphatic rings. The lowest BCUT2D eigenvalue weighted by molar-refractivity contribution is -0.232. The molecule has 5 unspecified atom stereocenters. The molecule has 4 N–H and O–H groups in total. The molecule has 6 heteroatoms. The van der Waals surface area contributed by atoms with Gasteiger partial charge in [-0.2, -0.15) is 0 Å². The first-order valence-corrected chi connectivity index (χ1v) is 17.5. The van der Waals surface area contributed by atoms with Crippen LogP contribution in [-0.4, -0.2) is 56.9 Å². The van der Waals surface area contributed by atoms with Crippen molar-refractivity contribution in [1.29, 1.82) is 0 Å². The Morgan fingerprint density at radius 3 is 2.21 bits per heavy atom. The maximum absolute atomic E-state index is 12.9. The lowest BCUT2D eigenvalue weighted by Crippen LogP contribution is -2.65. The molecule has 0 bridgehead atoms. The molecule has 13 atom stereocenters. The third kappa shape index (κ3) is 4.34. The molecule has 5 aliphatic carbocycles. The van der Waals surface area contributed by atoms with E-state index in [4.69, 9.17) is 4.74 Å². The molecule has 6 rings (SSSR count). The summed E-state index contributed by atoms with van der Waals surface area (Å²) in [6.07, 6.45) is 9.16. The molecule has 0 aromatic heterocycles. The van der Waals surface area contributed by atoms with E-state index in [1.165, 1.54) is 18.4 Å². The third-order valence-electron chi connectivity index (χ3n) is 15.8. The van der Waals surface area contributed by atoms with E-state index in [1.54, 1.807) is 6.92 Å². The van der Waals surface area contributed by atoms with E-state index in [-0.39, 0.29) is 33.0 Å². The van der Waals surface area contributed by atoms with Gasteiger partial charge in [-0.15, -0.1) is 0 Å². The lowest BCUT2D eigenvalue weighted by atomic mass is 9.33. The van der Waals surface area contributed by atoms with Crippen LogP contribution in [0.1, 0.15) is 126 Å². The Balaban J connectivity index is 1.30. The van der Waals surface area contributed by atoms with Crippen molar-refractivity contribution in [2.45, 2.75) is 157 Å². The summed E-state index contributed by atoms with van der Waals surface area (Å²) in [5.41, 5.74) is 1.45. The number of allylic oxidation sites excluding steroid dienone is 2. The minimum absolute atomic E-state index is 0.0229. The zero-order valence-corrected chi connectivity index (χ0v) is 28.2. The number of aliphatic hydroxyl groups is 3. The van der Waals surface area contributed by atoms with Gasteiger partial charge < -0.3 is 25.2 Å². The van der Waals surface area contributed by atoms with Gasteiger partial charge in [-0.3, -0.25) is 4.79 Å². The number of hydrogen-bond donors (Lipinski definition) is 4. The summed E-state index contributed by atoms with van der Waals surface area (Å²) < 4.78 is 6.09. The van der Waals surface area contributed by atoms with Gasteiger partial charge in [0.25, 0.3) is 0 Å². The molecule has 0 radical (unpaired) electrons. The Morgan fingerprint density at radius 1 is 0.860 bits per heavy atom. The Kier molecular flexibility index (Phi) is 7.46. The summed E-state index contributed by atoms with van der Waals surface area (Å²) >= 11 is 0. The number of carboxylic acid groups (broad SMARTS) is 1. The van der Waals surface area contributed by atoms with E-state index >= 15 is 0 Å². The lowest BCUT2D eigenvalue weighted by Gasteiger charge is -2.71. The Labute approximate surface area is 260 Å². The fourth-order valence-electron chi connectivity index (χ4n) is 12.7. The zero-order valence-electron chi connectivity index (χ0n) is 28.2. The van der Waals surface area contributed by atoms with Gasteiger partial charge in [0.1, 0.15) is 18.3 Å². The number of aliphatic carboxylic acids is 1. The average molecular weight is 601 g/mol. The summed E-state index contributed by atoms with van der Waals surface area (Å²) in [4.78, 5) is 12.9. The first-order valence-electron chi connectivity index (χ1n) is 17.5. The van der Waals surface area contributed by atoms with Crippen LogP contribution >= 0.6 is 0 Å². The molecular weight excluding hydrogens is 540 g/mol. The molecular formula is C37H60O6. The van der Waals surface area contributed by atoms with Gasteiger partial charge in [-0.25, -0.2) is 0 Å². The summed E-state index contributed by atoms with van der Waals surface area (Å²) in [7, 11) is 0. The normalized spacial score (nSPS) is 53.8. The molecule has 0 aromatic rings. The Morgan fingerprint density at radius 2 is 1.53 bits per heavy atom. The minimum atomic E-state index is -1.17. The van der Waals surface area contributed by atoms with Gasteiger partial charge in [-0.05, 0) is 128 Å². The molecule has 0 amide bonds. The Bertz CT molecular complexity index is 1160. The fourth-order valence-corrected chi connectivity index (χ4v) is 12.7. The van der Waals surface area contributed by atoms with Crippen molar-refractivity contribution < 1.29 is 30.0 Å². The number of ether oxygens (including phenoxy) is 1. The second-order valence-electron chi connectivity index (χ2n) is 18.3. The van der Waals surface area contributed by atoms with Gasteiger partial charge in [0.05, 0.1) is 17.6 Å². The van der Waals surface area contributed by atoms with Gasteiger partial charge in [0.15, 0.2) is 0 Å². The third-order valence-corrected chi connectivity index (χ3v) is 15.8. The fraction of sp³-hybridized carbons (Fsp3) is 0.919. The first-order chi connectivity index (χ1) is 19.8. The molecule has 5 fully saturated rings. The summed E-state index contributed by atoms with van der Waals surface area (Å²) in [5.74, 6) is 1.03. The van der Waals surface area contributed by atoms with E-state index in [9.17, 15) is 25.2 Å². The van der Waals surface area contributed by atoms with Gasteiger partial charge >= 0.3 is 5.97 Å². The SMILES string of the molecule is CC1O[C@@H](C[C@H]2CC[C@@]3(C)C(CC[C@]4(C)C3CC=C3C5CC(C)(C)CC[C@]5(C(=O)O)CC[C@]34C)C2(C)C)[C@@H](O)C(O)[C@H]1O. The highest BCUT2D eigenvalue weighted by molar-refractivity contribution is 5.76. The maximum Gasteiger partial charge on any atom is 0.310 e. The van der Waals surface area contributed by atoms with E-state index in [1.807, 2.05) is 0 Å². The van der Waals surface area contributed by atoms with Crippen LogP contribution in [0.3, 0.4) is 0 Å². The van der Waals surface area contributed by atoms with Crippen LogP contribution in [0.2, 0.25) is 0 Å². The zero-order chi connectivity index (χ0) is 31.5. The molecule has 1 saturated heterocycles. The van der Waals surface area contributed by atoms with Gasteiger partial charge in [-0.1, -0.05) is 60.1 Å². The first kappa shape index (κ1) is 32.0. The van der Waals surface area contributed by atoms with Crippen LogP contribution < -0.4 is 0 Å². The number of hydrogen-bond acceptors (Lipinski definition) is 5. The van der Waals surface area contributed by atoms with Gasteiger partial charge in [0.2, 0.25) is 0 Å². The van der Waals surface area contributed by atoms with Crippen molar-refractivity contribution in [1.82, 2.24) is 0 Å². The van der Waals surface area contributed by atoms with E-state index in [0.29, 0.717) is 24.2 Å². The van der Waals surface area contributed by atoms with Crippen molar-refractivity contribution >= 4 is 5.97 Å². The molecule has 244 valence electrons. The number of carbonyl (C=O) groups is 1. The Hall–Kier alpha value is -0.950. The topological polar surface area (TPSA) is 107 Å². The number of fused-ring (bicyclic) bond motifs is 7. The number of aliphatic hydroxyl groups excluding tert-OH is 3. The summed E-state index contributed by atoms with van der Waals surface area (Å²) in [6, 6.07) is 0. The van der Waals surface area contributed by atoms with Crippen LogP contribution in [0.15, 0.2) is 11.6 Å². The average Bonchev–Trinajstić information content (AvgIpc) is 2.91. The maximum atomic E-state index is 12.9. The van der Waals surface area contributed by atoms with Crippen molar-refractivity contribution in [2.75, 3.05) is 0 Å². The second kappa shape index (κ2) is 10.0.